The predicted molar refractivity (Wildman–Crippen MR) is 396 cm³/mol. The van der Waals surface area contributed by atoms with Crippen molar-refractivity contribution in [2.24, 2.45) is 33.5 Å². The van der Waals surface area contributed by atoms with Crippen molar-refractivity contribution in [1.29, 1.82) is 0 Å². The molecule has 5 aliphatic carbocycles. The molecule has 0 radical (unpaired) electrons. The lowest BCUT2D eigenvalue weighted by Gasteiger charge is -2.37. The molecule has 5 unspecified atom stereocenters. The van der Waals surface area contributed by atoms with Gasteiger partial charge in [-0.15, -0.1) is 0 Å². The van der Waals surface area contributed by atoms with Crippen LogP contribution in [0.25, 0.3) is 10.8 Å². The van der Waals surface area contributed by atoms with Crippen LogP contribution in [0.5, 0.6) is 0 Å². The summed E-state index contributed by atoms with van der Waals surface area (Å²) in [4.78, 5) is 61.2. The third kappa shape index (κ3) is 19.5. The Kier molecular flexibility index (Phi) is 27.7. The van der Waals surface area contributed by atoms with Crippen molar-refractivity contribution >= 4 is 105 Å². The van der Waals surface area contributed by atoms with Gasteiger partial charge >= 0.3 is 0 Å². The highest BCUT2D eigenvalue weighted by atomic mass is 32.2. The Hall–Kier alpha value is -4.19. The molecule has 0 spiro atoms. The van der Waals surface area contributed by atoms with E-state index in [9.17, 15) is 50.6 Å². The third-order valence-electron chi connectivity index (χ3n) is 22.1. The van der Waals surface area contributed by atoms with Gasteiger partial charge in [-0.25, -0.2) is 8.42 Å². The van der Waals surface area contributed by atoms with E-state index in [0.29, 0.717) is 98.7 Å². The predicted octanol–water partition coefficient (Wildman–Crippen LogP) is 14.8. The molecule has 13 rings (SSSR count). The minimum atomic E-state index is -4.33. The topological polar surface area (TPSA) is 238 Å². The molecule has 4 saturated carbocycles. The van der Waals surface area contributed by atoms with E-state index in [4.69, 9.17) is 4.55 Å². The van der Waals surface area contributed by atoms with Crippen molar-refractivity contribution in [1.82, 2.24) is 0 Å². The van der Waals surface area contributed by atoms with E-state index in [1.807, 2.05) is 100 Å². The van der Waals surface area contributed by atoms with Crippen LogP contribution < -0.4 is 5.26 Å². The third-order valence-corrected chi connectivity index (χ3v) is 32.3. The summed E-state index contributed by atoms with van der Waals surface area (Å²) < 4.78 is 68.2. The van der Waals surface area contributed by atoms with Crippen LogP contribution in [0.15, 0.2) is 114 Å². The van der Waals surface area contributed by atoms with Gasteiger partial charge in [-0.05, 0) is 183 Å². The number of aryl methyl sites for hydroxylation is 1. The molecule has 1 N–H and O–H groups in total. The number of hydrogen-bond acceptors (Lipinski definition) is 14. The van der Waals surface area contributed by atoms with Crippen LogP contribution in [0.3, 0.4) is 0 Å². The molecular weight excluding hydrogens is 1340 g/mol. The van der Waals surface area contributed by atoms with Crippen molar-refractivity contribution in [2.45, 2.75) is 187 Å². The first-order valence-electron chi connectivity index (χ1n) is 34.7. The van der Waals surface area contributed by atoms with Crippen LogP contribution in [0.2, 0.25) is 0 Å². The van der Waals surface area contributed by atoms with Gasteiger partial charge in [-0.2, -0.15) is 12.8 Å². The first kappa shape index (κ1) is 78.5. The van der Waals surface area contributed by atoms with Gasteiger partial charge in [0.2, 0.25) is 17.3 Å². The maximum absolute atomic E-state index is 12.4. The molecule has 530 valence electrons. The van der Waals surface area contributed by atoms with Crippen LogP contribution in [0.4, 0.5) is 0 Å². The number of hydrogen-bond donors (Lipinski definition) is 1. The molecule has 0 aromatic heterocycles. The number of fused-ring (bicyclic) bond motifs is 6. The Morgan fingerprint density at radius 3 is 1.53 bits per heavy atom. The van der Waals surface area contributed by atoms with Crippen LogP contribution in [-0.2, 0) is 78.3 Å². The van der Waals surface area contributed by atoms with Crippen LogP contribution in [0.1, 0.15) is 224 Å². The minimum Gasteiger partial charge on any atom is -0.748 e. The summed E-state index contributed by atoms with van der Waals surface area (Å²) in [6.07, 6.45) is 14.0. The second-order valence-electron chi connectivity index (χ2n) is 29.7. The largest absolute Gasteiger partial charge is 0.748 e. The molecule has 8 aliphatic rings. The number of rotatable bonds is 17. The van der Waals surface area contributed by atoms with E-state index < -0.39 is 42.6 Å². The quantitative estimate of drug-likeness (QED) is 0.0227. The fourth-order valence-electron chi connectivity index (χ4n) is 16.0. The standard InChI is InChI=1S/C16H17OS.C15H24O3S.C14H17OS.C12H15OS.2C10H16O4S/c17-16(12-18-9-3-4-10-18)15-8-7-13-5-1-2-6-14(13)11-15;1-9(2)12-7-13(10(3)4)15(19-18-17-16)14(8-12)11(5)6;15-14-12-6-2-1-5-11(12)7-8-13(14)16-9-3-4-10-16;13-12(10-14-8-4-5-9-14)11-6-2-1-3-7-11;2*1-9(2)7-3-4-10(9,8(11)5-7)6-15(12,13)14/h1-2,5-8,11H,3-4,9-10,12H2;7-11,16H,1-6H3;1-2,5-6,13H,3-4,7-10H2;1-3,6-7H,4-5,8-10H2;2*7H,3-6H2,1-2H3,(H,12,13,14)/q+1;;2*+1;;/p-2. The van der Waals surface area contributed by atoms with Crippen molar-refractivity contribution in [2.75, 3.05) is 57.5 Å². The molecule has 3 heterocycles. The first-order chi connectivity index (χ1) is 45.8. The summed E-state index contributed by atoms with van der Waals surface area (Å²) in [6, 6.07) is 36.5. The van der Waals surface area contributed by atoms with Gasteiger partial charge < -0.3 is 9.81 Å². The molecular formula is C77H103O14S6+. The van der Waals surface area contributed by atoms with Crippen LogP contribution >= 0.6 is 12.0 Å². The average Bonchev–Trinajstić information content (AvgIpc) is 1.56. The van der Waals surface area contributed by atoms with E-state index in [-0.39, 0.29) is 34.2 Å². The van der Waals surface area contributed by atoms with Gasteiger partial charge in [0.15, 0.2) is 16.8 Å². The highest BCUT2D eigenvalue weighted by Crippen LogP contribution is 2.65. The van der Waals surface area contributed by atoms with Gasteiger partial charge in [-0.1, -0.05) is 172 Å². The Labute approximate surface area is 591 Å². The summed E-state index contributed by atoms with van der Waals surface area (Å²) in [5.41, 5.74) is 5.43. The molecule has 7 fully saturated rings. The molecule has 0 amide bonds. The Morgan fingerprint density at radius 1 is 0.588 bits per heavy atom. The number of carbonyl (C=O) groups is 5. The molecule has 20 heteroatoms. The molecule has 3 saturated heterocycles. The number of benzene rings is 5. The maximum atomic E-state index is 12.4. The van der Waals surface area contributed by atoms with Gasteiger partial charge in [0.25, 0.3) is 10.1 Å². The normalized spacial score (nSPS) is 24.0. The molecule has 5 aromatic rings. The van der Waals surface area contributed by atoms with Crippen LogP contribution in [0, 0.1) is 33.5 Å². The van der Waals surface area contributed by atoms with E-state index in [1.54, 1.807) is 0 Å². The fourth-order valence-corrected chi connectivity index (χ4v) is 26.7. The smallest absolute Gasteiger partial charge is 0.265 e. The van der Waals surface area contributed by atoms with Crippen molar-refractivity contribution in [3.05, 3.63) is 148 Å². The van der Waals surface area contributed by atoms with E-state index in [2.05, 4.69) is 87.3 Å². The van der Waals surface area contributed by atoms with Gasteiger partial charge in [0.05, 0.1) is 39.1 Å². The second-order valence-corrected chi connectivity index (χ2v) is 40.4. The van der Waals surface area contributed by atoms with E-state index >= 15 is 0 Å². The Bertz CT molecular complexity index is 3670. The number of ketones is 5. The summed E-state index contributed by atoms with van der Waals surface area (Å²) in [5.74, 6) is 11.2. The van der Waals surface area contributed by atoms with Crippen molar-refractivity contribution < 1.29 is 64.5 Å². The Morgan fingerprint density at radius 2 is 1.06 bits per heavy atom. The molecule has 4 bridgehead atoms. The monoisotopic (exact) mass is 1440 g/mol. The zero-order chi connectivity index (χ0) is 70.7. The number of Topliss-reactive ketones (excluding diaryl/α,β-unsaturated/α-hetero) is 5. The van der Waals surface area contributed by atoms with Gasteiger partial charge in [0.1, 0.15) is 46.1 Å². The van der Waals surface area contributed by atoms with Crippen molar-refractivity contribution in [3.63, 3.8) is 0 Å². The molecule has 5 atom stereocenters. The highest BCUT2D eigenvalue weighted by molar-refractivity contribution is 7.98. The average molecular weight is 1450 g/mol. The lowest BCUT2D eigenvalue weighted by Crippen LogP contribution is -2.42. The summed E-state index contributed by atoms with van der Waals surface area (Å²) in [6.45, 7) is 20.7. The first-order valence-corrected chi connectivity index (χ1v) is 43.8. The van der Waals surface area contributed by atoms with E-state index in [0.717, 1.165) is 76.2 Å². The maximum Gasteiger partial charge on any atom is 0.265 e. The summed E-state index contributed by atoms with van der Waals surface area (Å²) in [7, 11) is -7.25. The van der Waals surface area contributed by atoms with Gasteiger partial charge in [-0.3, -0.25) is 33.6 Å². The summed E-state index contributed by atoms with van der Waals surface area (Å²) >= 11 is 1.02. The lowest BCUT2D eigenvalue weighted by molar-refractivity contribution is -0.777. The second kappa shape index (κ2) is 34.2. The van der Waals surface area contributed by atoms with E-state index in [1.165, 1.54) is 101 Å². The number of carbonyl (C=O) groups excluding carboxylic acids is 5. The zero-order valence-electron chi connectivity index (χ0n) is 58.5. The Balaban J connectivity index is 0.000000149. The SMILES string of the molecule is CC(C)c1cc(C(C)C)c(SOO[O-])c(C(C)C)c1.CC1(C)C2CCC1(CS(=O)(=O)O)C(=O)C2.CC1(C)C2CCC1(CS(=O)(=O)[O-])C(=O)C2.O=C(C[S+]1CCCC1)c1ccc2ccccc2c1.O=C(C[S+]1CCCC1)c1ccccc1.O=C1c2ccccc2CCC1[S+]1CCCC1. The molecule has 3 aliphatic heterocycles. The highest BCUT2D eigenvalue weighted by Gasteiger charge is 2.66. The van der Waals surface area contributed by atoms with Crippen molar-refractivity contribution in [3.8, 4) is 0 Å². The molecule has 14 nitrogen and oxygen atoms in total. The fraction of sp³-hybridized carbons (Fsp3) is 0.571. The minimum absolute atomic E-state index is 0.0152. The molecule has 5 aromatic carbocycles. The van der Waals surface area contributed by atoms with Crippen LogP contribution in [-0.4, -0.2) is 118 Å². The summed E-state index contributed by atoms with van der Waals surface area (Å²) in [5, 5.41) is 16.3. The lowest BCUT2D eigenvalue weighted by atomic mass is 9.70. The molecule has 97 heavy (non-hydrogen) atoms. The zero-order valence-corrected chi connectivity index (χ0v) is 63.4. The van der Waals surface area contributed by atoms with Gasteiger partial charge in [0, 0.05) is 46.3 Å².